The van der Waals surface area contributed by atoms with Crippen LogP contribution in [0.4, 0.5) is 5.69 Å². The molecule has 1 aromatic heterocycles. The van der Waals surface area contributed by atoms with E-state index >= 15 is 0 Å². The summed E-state index contributed by atoms with van der Waals surface area (Å²) in [6.07, 6.45) is 1.27. The number of aryl methyl sites for hydroxylation is 1. The van der Waals surface area contributed by atoms with Crippen LogP contribution >= 0.6 is 0 Å². The molecule has 2 rings (SSSR count). The van der Waals surface area contributed by atoms with Gasteiger partial charge in [-0.05, 0) is 6.07 Å². The molecule has 0 N–H and O–H groups in total. The van der Waals surface area contributed by atoms with Crippen LogP contribution in [0.25, 0.3) is 10.9 Å². The monoisotopic (exact) mass is 180 g/mol. The molecular weight excluding hydrogens is 170 g/mol. The Morgan fingerprint density at radius 1 is 1.69 bits per heavy atom. The largest absolute Gasteiger partial charge is 0.275 e. The van der Waals surface area contributed by atoms with Gasteiger partial charge in [0.1, 0.15) is 0 Å². The van der Waals surface area contributed by atoms with Crippen molar-refractivity contribution in [2.75, 3.05) is 0 Å². The van der Waals surface area contributed by atoms with Gasteiger partial charge in [-0.1, -0.05) is 0 Å². The molecule has 0 spiro atoms. The van der Waals surface area contributed by atoms with Gasteiger partial charge in [-0.3, -0.25) is 14.8 Å². The molecule has 0 saturated heterocycles. The van der Waals surface area contributed by atoms with Crippen molar-refractivity contribution in [3.05, 3.63) is 34.5 Å². The number of nitro benzene ring substituents is 1. The van der Waals surface area contributed by atoms with Crippen LogP contribution in [0.5, 0.6) is 0 Å². The Hall–Kier alpha value is -1.91. The highest BCUT2D eigenvalue weighted by atomic mass is 16.6. The number of non-ortho nitro benzene ring substituents is 1. The first-order valence-electron chi connectivity index (χ1n) is 5.02. The molecule has 0 aliphatic carbocycles. The molecule has 0 radical (unpaired) electrons. The molecule has 5 nitrogen and oxygen atoms in total. The van der Waals surface area contributed by atoms with E-state index in [-0.39, 0.29) is 5.69 Å². The van der Waals surface area contributed by atoms with Crippen molar-refractivity contribution >= 4 is 16.6 Å². The summed E-state index contributed by atoms with van der Waals surface area (Å²) in [5.41, 5.74) is 0.333. The maximum atomic E-state index is 10.5. The maximum Gasteiger partial charge on any atom is 0.270 e. The minimum Gasteiger partial charge on any atom is -0.275 e. The molecule has 0 atom stereocenters. The molecule has 5 heteroatoms. The number of hydrogen-bond acceptors (Lipinski definition) is 3. The average molecular weight is 180 g/mol. The summed E-state index contributed by atoms with van der Waals surface area (Å²) < 4.78 is 22.3. The van der Waals surface area contributed by atoms with E-state index < -0.39 is 11.9 Å². The zero-order chi connectivity index (χ0) is 11.9. The highest BCUT2D eigenvalue weighted by Crippen LogP contribution is 2.18. The predicted octanol–water partition coefficient (Wildman–Crippen LogP) is 1.48. The molecule has 0 saturated carbocycles. The number of aromatic nitrogens is 2. The number of nitro groups is 1. The summed E-state index contributed by atoms with van der Waals surface area (Å²) in [7, 11) is 0. The fourth-order valence-electron chi connectivity index (χ4n) is 1.13. The normalized spacial score (nSPS) is 14.9. The lowest BCUT2D eigenvalue weighted by molar-refractivity contribution is -0.384. The quantitative estimate of drug-likeness (QED) is 0.493. The predicted molar refractivity (Wildman–Crippen MR) is 47.4 cm³/mol. The first-order chi connectivity index (χ1) is 7.38. The van der Waals surface area contributed by atoms with Gasteiger partial charge in [-0.15, -0.1) is 0 Å². The number of nitrogens with zero attached hydrogens (tertiary/aromatic N) is 3. The van der Waals surface area contributed by atoms with Crippen LogP contribution < -0.4 is 0 Å². The third kappa shape index (κ3) is 1.24. The van der Waals surface area contributed by atoms with Crippen LogP contribution in [-0.4, -0.2) is 14.7 Å². The fraction of sp³-hybridized carbons (Fsp3) is 0.125. The average Bonchev–Trinajstić information content (AvgIpc) is 2.58. The summed E-state index contributed by atoms with van der Waals surface area (Å²) in [5.74, 6) is 0. The second kappa shape index (κ2) is 2.55. The molecule has 0 amide bonds. The molecule has 66 valence electrons. The van der Waals surface area contributed by atoms with Crippen molar-refractivity contribution in [3.8, 4) is 0 Å². The van der Waals surface area contributed by atoms with E-state index in [1.54, 1.807) is 0 Å². The van der Waals surface area contributed by atoms with Crippen LogP contribution in [-0.2, 0) is 6.98 Å². The number of fused-ring (bicyclic) bond motifs is 1. The second-order valence-corrected chi connectivity index (χ2v) is 2.57. The summed E-state index contributed by atoms with van der Waals surface area (Å²) in [6, 6.07) is 4.01. The van der Waals surface area contributed by atoms with Gasteiger partial charge in [0.05, 0.1) is 10.4 Å². The molecule has 1 heterocycles. The second-order valence-electron chi connectivity index (χ2n) is 2.57. The molecule has 0 aliphatic rings. The van der Waals surface area contributed by atoms with Crippen LogP contribution in [0.2, 0.25) is 0 Å². The molecule has 0 unspecified atom stereocenters. The molecule has 0 aliphatic heterocycles. The van der Waals surface area contributed by atoms with Crippen molar-refractivity contribution < 1.29 is 9.04 Å². The Labute approximate surface area is 78.0 Å². The minimum atomic E-state index is -2.37. The zero-order valence-corrected chi connectivity index (χ0v) is 6.47. The van der Waals surface area contributed by atoms with Crippen molar-refractivity contribution in [2.24, 2.45) is 6.98 Å². The van der Waals surface area contributed by atoms with Gasteiger partial charge < -0.3 is 0 Å². The topological polar surface area (TPSA) is 61.0 Å². The van der Waals surface area contributed by atoms with Crippen molar-refractivity contribution in [3.63, 3.8) is 0 Å². The summed E-state index contributed by atoms with van der Waals surface area (Å²) in [4.78, 5) is 9.98. The van der Waals surface area contributed by atoms with Gasteiger partial charge in [0.25, 0.3) is 5.69 Å². The lowest BCUT2D eigenvalue weighted by atomic mass is 10.2. The fourth-order valence-corrected chi connectivity index (χ4v) is 1.13. The van der Waals surface area contributed by atoms with Gasteiger partial charge >= 0.3 is 0 Å². The Kier molecular flexibility index (Phi) is 0.972. The zero-order valence-electron chi connectivity index (χ0n) is 9.47. The van der Waals surface area contributed by atoms with Gasteiger partial charge in [-0.25, -0.2) is 0 Å². The van der Waals surface area contributed by atoms with Gasteiger partial charge in [0.15, 0.2) is 0 Å². The van der Waals surface area contributed by atoms with E-state index in [2.05, 4.69) is 5.10 Å². The van der Waals surface area contributed by atoms with Gasteiger partial charge in [-0.2, -0.15) is 5.10 Å². The van der Waals surface area contributed by atoms with Crippen molar-refractivity contribution in [1.29, 1.82) is 0 Å². The first kappa shape index (κ1) is 4.96. The Bertz CT molecular complexity index is 561. The van der Waals surface area contributed by atoms with Crippen LogP contribution in [0.15, 0.2) is 24.4 Å². The van der Waals surface area contributed by atoms with Crippen molar-refractivity contribution in [1.82, 2.24) is 9.78 Å². The van der Waals surface area contributed by atoms with Gasteiger partial charge in [0.2, 0.25) is 0 Å². The Balaban J connectivity index is 2.59. The number of rotatable bonds is 1. The first-order valence-corrected chi connectivity index (χ1v) is 3.52. The molecule has 0 bridgehead atoms. The Morgan fingerprint density at radius 3 is 3.23 bits per heavy atom. The number of benzene rings is 1. The van der Waals surface area contributed by atoms with E-state index in [0.717, 1.165) is 4.68 Å². The van der Waals surface area contributed by atoms with Crippen molar-refractivity contribution in [2.45, 2.75) is 0 Å². The standard InChI is InChI=1S/C8H7N3O2/c1-10-5-6-4-7(11(12)13)2-3-8(6)9-10/h2-5H,1H3/i1D3. The van der Waals surface area contributed by atoms with E-state index in [4.69, 9.17) is 4.11 Å². The van der Waals surface area contributed by atoms with E-state index in [9.17, 15) is 10.1 Å². The van der Waals surface area contributed by atoms with Crippen LogP contribution in [0.1, 0.15) is 4.11 Å². The minimum absolute atomic E-state index is 0.0856. The van der Waals surface area contributed by atoms with E-state index in [1.807, 2.05) is 0 Å². The Morgan fingerprint density at radius 2 is 2.54 bits per heavy atom. The lowest BCUT2D eigenvalue weighted by Crippen LogP contribution is -1.86. The summed E-state index contributed by atoms with van der Waals surface area (Å²) in [5, 5.41) is 14.8. The molecule has 1 aromatic carbocycles. The lowest BCUT2D eigenvalue weighted by Gasteiger charge is -1.88. The molecular formula is C8H7N3O2. The number of hydrogen-bond donors (Lipinski definition) is 0. The third-order valence-electron chi connectivity index (χ3n) is 1.70. The SMILES string of the molecule is [2H]C([2H])([2H])n1cc2cc([N+](=O)[O-])ccc2n1. The van der Waals surface area contributed by atoms with E-state index in [1.165, 1.54) is 24.4 Å². The van der Waals surface area contributed by atoms with Gasteiger partial charge in [0, 0.05) is 34.8 Å². The highest BCUT2D eigenvalue weighted by molar-refractivity contribution is 5.80. The third-order valence-corrected chi connectivity index (χ3v) is 1.70. The van der Waals surface area contributed by atoms with E-state index in [0.29, 0.717) is 10.9 Å². The maximum absolute atomic E-state index is 10.5. The highest BCUT2D eigenvalue weighted by Gasteiger charge is 2.07. The molecule has 2 aromatic rings. The van der Waals surface area contributed by atoms with Crippen LogP contribution in [0.3, 0.4) is 0 Å². The molecule has 0 fully saturated rings. The smallest absolute Gasteiger partial charge is 0.270 e. The van der Waals surface area contributed by atoms with Crippen LogP contribution in [0, 0.1) is 10.1 Å². The molecule has 13 heavy (non-hydrogen) atoms. The summed E-state index contributed by atoms with van der Waals surface area (Å²) >= 11 is 0. The summed E-state index contributed by atoms with van der Waals surface area (Å²) in [6.45, 7) is -2.37.